The van der Waals surface area contributed by atoms with Crippen molar-refractivity contribution in [2.45, 2.75) is 19.1 Å². The molecule has 0 radical (unpaired) electrons. The van der Waals surface area contributed by atoms with Gasteiger partial charge in [0.25, 0.3) is 0 Å². The highest BCUT2D eigenvalue weighted by molar-refractivity contribution is 5.39. The summed E-state index contributed by atoms with van der Waals surface area (Å²) in [5.74, 6) is -0.0264. The summed E-state index contributed by atoms with van der Waals surface area (Å²) in [6, 6.07) is 7.95. The Labute approximate surface area is 114 Å². The molecule has 0 aliphatic heterocycles. The Bertz CT molecular complexity index is 580. The van der Waals surface area contributed by atoms with Crippen LogP contribution in [0.4, 0.5) is 13.2 Å². The number of nitrogens with zero attached hydrogens (tertiary/aromatic N) is 1. The van der Waals surface area contributed by atoms with Crippen LogP contribution in [0.25, 0.3) is 0 Å². The van der Waals surface area contributed by atoms with Crippen LogP contribution in [0.15, 0.2) is 42.6 Å². The molecule has 2 N–H and O–H groups in total. The first-order valence-corrected chi connectivity index (χ1v) is 5.93. The van der Waals surface area contributed by atoms with Gasteiger partial charge in [0, 0.05) is 6.04 Å². The molecule has 2 aromatic rings. The Kier molecular flexibility index (Phi) is 3.94. The number of hydrogen-bond acceptors (Lipinski definition) is 3. The first kappa shape index (κ1) is 14.3. The quantitative estimate of drug-likeness (QED) is 0.928. The van der Waals surface area contributed by atoms with Crippen LogP contribution in [0.5, 0.6) is 11.5 Å². The molecule has 0 bridgehead atoms. The van der Waals surface area contributed by atoms with Gasteiger partial charge >= 0.3 is 6.18 Å². The minimum absolute atomic E-state index is 0.228. The molecule has 106 valence electrons. The molecule has 0 saturated heterocycles. The van der Waals surface area contributed by atoms with Crippen molar-refractivity contribution in [3.05, 3.63) is 53.9 Å². The molecule has 3 nitrogen and oxygen atoms in total. The third-order valence-electron chi connectivity index (χ3n) is 2.65. The van der Waals surface area contributed by atoms with Gasteiger partial charge in [0.15, 0.2) is 0 Å². The highest BCUT2D eigenvalue weighted by Crippen LogP contribution is 2.37. The van der Waals surface area contributed by atoms with Gasteiger partial charge in [-0.05, 0) is 31.2 Å². The van der Waals surface area contributed by atoms with Crippen LogP contribution in [-0.4, -0.2) is 4.98 Å². The smallest absolute Gasteiger partial charge is 0.419 e. The highest BCUT2D eigenvalue weighted by Gasteiger charge is 2.34. The summed E-state index contributed by atoms with van der Waals surface area (Å²) in [4.78, 5) is 4.03. The van der Waals surface area contributed by atoms with Gasteiger partial charge in [-0.1, -0.05) is 12.1 Å². The van der Waals surface area contributed by atoms with Crippen LogP contribution in [0.1, 0.15) is 24.2 Å². The largest absolute Gasteiger partial charge is 0.455 e. The number of hydrogen-bond donors (Lipinski definition) is 1. The van der Waals surface area contributed by atoms with E-state index in [4.69, 9.17) is 10.5 Å². The van der Waals surface area contributed by atoms with E-state index in [1.807, 2.05) is 0 Å². The number of alkyl halides is 3. The van der Waals surface area contributed by atoms with Crippen LogP contribution in [0.3, 0.4) is 0 Å². The van der Waals surface area contributed by atoms with E-state index in [1.165, 1.54) is 24.4 Å². The molecule has 0 saturated carbocycles. The predicted octanol–water partition coefficient (Wildman–Crippen LogP) is 3.91. The Morgan fingerprint density at radius 1 is 1.15 bits per heavy atom. The maximum absolute atomic E-state index is 12.8. The maximum Gasteiger partial charge on any atom is 0.419 e. The molecule has 0 aliphatic carbocycles. The van der Waals surface area contributed by atoms with Crippen LogP contribution >= 0.6 is 0 Å². The zero-order chi connectivity index (χ0) is 14.8. The van der Waals surface area contributed by atoms with Crippen molar-refractivity contribution in [1.82, 2.24) is 4.98 Å². The number of nitrogens with two attached hydrogens (primary N) is 1. The SMILES string of the molecule is C[C@@H](N)c1ccc(Oc2ccccc2C(F)(F)F)cn1. The van der Waals surface area contributed by atoms with E-state index >= 15 is 0 Å². The lowest BCUT2D eigenvalue weighted by Crippen LogP contribution is -2.08. The molecule has 0 aliphatic rings. The highest BCUT2D eigenvalue weighted by atomic mass is 19.4. The topological polar surface area (TPSA) is 48.1 Å². The molecule has 2 rings (SSSR count). The third-order valence-corrected chi connectivity index (χ3v) is 2.65. The van der Waals surface area contributed by atoms with Crippen molar-refractivity contribution in [2.24, 2.45) is 5.73 Å². The monoisotopic (exact) mass is 282 g/mol. The summed E-state index contributed by atoms with van der Waals surface area (Å²) in [6.07, 6.45) is -3.11. The molecule has 0 amide bonds. The number of benzene rings is 1. The van der Waals surface area contributed by atoms with Crippen molar-refractivity contribution < 1.29 is 17.9 Å². The molecule has 1 aromatic carbocycles. The second-order valence-corrected chi connectivity index (χ2v) is 4.30. The average Bonchev–Trinajstić information content (AvgIpc) is 2.38. The van der Waals surface area contributed by atoms with E-state index in [9.17, 15) is 13.2 Å². The standard InChI is InChI=1S/C14H13F3N2O/c1-9(18)12-7-6-10(8-19-12)20-13-5-3-2-4-11(13)14(15,16)17/h2-9H,18H2,1H3/t9-/m1/s1. The summed E-state index contributed by atoms with van der Waals surface area (Å²) in [7, 11) is 0. The van der Waals surface area contributed by atoms with Gasteiger partial charge in [0.1, 0.15) is 11.5 Å². The van der Waals surface area contributed by atoms with Gasteiger partial charge in [-0.3, -0.25) is 4.98 Å². The summed E-state index contributed by atoms with van der Waals surface area (Å²) in [6.45, 7) is 1.77. The normalized spacial score (nSPS) is 13.1. The van der Waals surface area contributed by atoms with Crippen LogP contribution in [0.2, 0.25) is 0 Å². The van der Waals surface area contributed by atoms with E-state index < -0.39 is 11.7 Å². The molecule has 0 fully saturated rings. The minimum atomic E-state index is -4.46. The fourth-order valence-electron chi connectivity index (χ4n) is 1.64. The van der Waals surface area contributed by atoms with Crippen molar-refractivity contribution in [3.8, 4) is 11.5 Å². The second kappa shape index (κ2) is 5.50. The van der Waals surface area contributed by atoms with Crippen molar-refractivity contribution in [3.63, 3.8) is 0 Å². The molecule has 0 spiro atoms. The zero-order valence-corrected chi connectivity index (χ0v) is 10.7. The molecule has 1 atom stereocenters. The fraction of sp³-hybridized carbons (Fsp3) is 0.214. The number of aromatic nitrogens is 1. The van der Waals surface area contributed by atoms with Gasteiger partial charge in [0.05, 0.1) is 17.5 Å². The maximum atomic E-state index is 12.8. The molecular formula is C14H13F3N2O. The van der Waals surface area contributed by atoms with E-state index in [0.29, 0.717) is 5.69 Å². The van der Waals surface area contributed by atoms with Crippen LogP contribution < -0.4 is 10.5 Å². The second-order valence-electron chi connectivity index (χ2n) is 4.30. The summed E-state index contributed by atoms with van der Waals surface area (Å²) >= 11 is 0. The molecule has 1 heterocycles. The lowest BCUT2D eigenvalue weighted by atomic mass is 10.2. The molecule has 1 aromatic heterocycles. The minimum Gasteiger partial charge on any atom is -0.455 e. The number of rotatable bonds is 3. The van der Waals surface area contributed by atoms with E-state index in [-0.39, 0.29) is 17.5 Å². The number of para-hydroxylation sites is 1. The first-order chi connectivity index (χ1) is 9.38. The Morgan fingerprint density at radius 2 is 1.85 bits per heavy atom. The van der Waals surface area contributed by atoms with Crippen molar-refractivity contribution in [1.29, 1.82) is 0 Å². The van der Waals surface area contributed by atoms with Crippen LogP contribution in [-0.2, 0) is 6.18 Å². The van der Waals surface area contributed by atoms with Gasteiger partial charge in [-0.15, -0.1) is 0 Å². The number of halogens is 3. The Hall–Kier alpha value is -2.08. The number of pyridine rings is 1. The Balaban J connectivity index is 2.26. The van der Waals surface area contributed by atoms with Crippen molar-refractivity contribution >= 4 is 0 Å². The Morgan fingerprint density at radius 3 is 2.40 bits per heavy atom. The van der Waals surface area contributed by atoms with Gasteiger partial charge in [0.2, 0.25) is 0 Å². The van der Waals surface area contributed by atoms with Gasteiger partial charge in [-0.25, -0.2) is 0 Å². The van der Waals surface area contributed by atoms with E-state index in [2.05, 4.69) is 4.98 Å². The zero-order valence-electron chi connectivity index (χ0n) is 10.7. The molecule has 20 heavy (non-hydrogen) atoms. The average molecular weight is 282 g/mol. The predicted molar refractivity (Wildman–Crippen MR) is 68.4 cm³/mol. The lowest BCUT2D eigenvalue weighted by molar-refractivity contribution is -0.138. The number of ether oxygens (including phenoxy) is 1. The van der Waals surface area contributed by atoms with Crippen LogP contribution in [0, 0.1) is 0 Å². The summed E-state index contributed by atoms with van der Waals surface area (Å²) in [5.41, 5.74) is 5.46. The summed E-state index contributed by atoms with van der Waals surface area (Å²) < 4.78 is 43.7. The fourth-order valence-corrected chi connectivity index (χ4v) is 1.64. The third kappa shape index (κ3) is 3.27. The summed E-state index contributed by atoms with van der Waals surface area (Å²) in [5, 5.41) is 0. The van der Waals surface area contributed by atoms with E-state index in [0.717, 1.165) is 6.07 Å². The molecule has 6 heteroatoms. The first-order valence-electron chi connectivity index (χ1n) is 5.93. The molecule has 0 unspecified atom stereocenters. The van der Waals surface area contributed by atoms with E-state index in [1.54, 1.807) is 19.1 Å². The molecular weight excluding hydrogens is 269 g/mol. The van der Waals surface area contributed by atoms with Gasteiger partial charge in [-0.2, -0.15) is 13.2 Å². The van der Waals surface area contributed by atoms with Gasteiger partial charge < -0.3 is 10.5 Å². The lowest BCUT2D eigenvalue weighted by Gasteiger charge is -2.13. The van der Waals surface area contributed by atoms with Crippen molar-refractivity contribution in [2.75, 3.05) is 0 Å².